The zero-order chi connectivity index (χ0) is 24.3. The Bertz CT molecular complexity index is 813. The molecule has 0 aromatic heterocycles. The fourth-order valence-corrected chi connectivity index (χ4v) is 6.95. The minimum Gasteiger partial charge on any atom is -0.0654 e. The molecule has 0 spiro atoms. The van der Waals surface area contributed by atoms with Gasteiger partial charge in [0.1, 0.15) is 0 Å². The van der Waals surface area contributed by atoms with Crippen LogP contribution in [0.25, 0.3) is 11.1 Å². The van der Waals surface area contributed by atoms with Gasteiger partial charge < -0.3 is 0 Å². The monoisotopic (exact) mass is 472 g/mol. The molecule has 2 aromatic rings. The van der Waals surface area contributed by atoms with Crippen molar-refractivity contribution >= 4 is 0 Å². The Labute approximate surface area is 217 Å². The summed E-state index contributed by atoms with van der Waals surface area (Å²) in [6, 6.07) is 19.1. The minimum absolute atomic E-state index is 0.788. The number of hydrogen-bond donors (Lipinski definition) is 0. The maximum Gasteiger partial charge on any atom is -0.0162 e. The lowest BCUT2D eigenvalue weighted by Crippen LogP contribution is -2.15. The summed E-state index contributed by atoms with van der Waals surface area (Å²) >= 11 is 0. The van der Waals surface area contributed by atoms with Crippen molar-refractivity contribution in [3.05, 3.63) is 59.7 Å². The summed E-state index contributed by atoms with van der Waals surface area (Å²) in [6.07, 6.45) is 24.2. The Hall–Kier alpha value is -1.56. The number of hydrogen-bond acceptors (Lipinski definition) is 0. The van der Waals surface area contributed by atoms with Gasteiger partial charge >= 0.3 is 0 Å². The number of benzene rings is 2. The van der Waals surface area contributed by atoms with Gasteiger partial charge in [-0.1, -0.05) is 133 Å². The molecule has 2 fully saturated rings. The third-order valence-corrected chi connectivity index (χ3v) is 9.51. The molecule has 0 unspecified atom stereocenters. The van der Waals surface area contributed by atoms with Gasteiger partial charge in [-0.3, -0.25) is 0 Å². The van der Waals surface area contributed by atoms with Crippen LogP contribution in [0, 0.1) is 17.8 Å². The summed E-state index contributed by atoms with van der Waals surface area (Å²) in [5.41, 5.74) is 5.84. The van der Waals surface area contributed by atoms with E-state index in [1.54, 1.807) is 5.56 Å². The molecule has 2 saturated carbocycles. The zero-order valence-corrected chi connectivity index (χ0v) is 22.9. The molecule has 0 bridgehead atoms. The third kappa shape index (κ3) is 8.23. The van der Waals surface area contributed by atoms with E-state index in [-0.39, 0.29) is 0 Å². The summed E-state index contributed by atoms with van der Waals surface area (Å²) in [7, 11) is 0. The van der Waals surface area contributed by atoms with Gasteiger partial charge in [-0.05, 0) is 84.5 Å². The summed E-state index contributed by atoms with van der Waals surface area (Å²) in [6.45, 7) is 4.64. The largest absolute Gasteiger partial charge is 0.0654 e. The molecular formula is C35H52. The molecule has 0 saturated heterocycles. The summed E-state index contributed by atoms with van der Waals surface area (Å²) in [5.74, 6) is 3.78. The van der Waals surface area contributed by atoms with Crippen molar-refractivity contribution in [3.8, 4) is 11.1 Å². The molecule has 0 heteroatoms. The molecule has 192 valence electrons. The molecule has 0 N–H and O–H groups in total. The predicted molar refractivity (Wildman–Crippen MR) is 154 cm³/mol. The molecule has 0 aliphatic heterocycles. The van der Waals surface area contributed by atoms with Gasteiger partial charge in [0.15, 0.2) is 0 Å². The first-order valence-corrected chi connectivity index (χ1v) is 15.4. The topological polar surface area (TPSA) is 0 Å². The summed E-state index contributed by atoms with van der Waals surface area (Å²) < 4.78 is 0. The molecule has 0 radical (unpaired) electrons. The van der Waals surface area contributed by atoms with Crippen molar-refractivity contribution in [2.24, 2.45) is 17.8 Å². The first kappa shape index (κ1) is 26.5. The van der Waals surface area contributed by atoms with Gasteiger partial charge in [0, 0.05) is 0 Å². The van der Waals surface area contributed by atoms with Crippen LogP contribution in [0.1, 0.15) is 134 Å². The standard InChI is InChI=1S/C35H52/c1-3-5-7-9-29-16-20-32(21-17-29)34-24-26-35(27-25-34)33-22-18-31(19-23-33)15-14-30-12-10-28(11-13-30)8-6-4-2/h18-19,22-30,32H,3-17,20-21H2,1-2H3/t28-,29-,30-,32-. The molecule has 35 heavy (non-hydrogen) atoms. The molecule has 2 aliphatic carbocycles. The number of aryl methyl sites for hydroxylation is 1. The molecule has 0 atom stereocenters. The zero-order valence-electron chi connectivity index (χ0n) is 22.9. The van der Waals surface area contributed by atoms with Crippen LogP contribution in [0.2, 0.25) is 0 Å². The lowest BCUT2D eigenvalue weighted by molar-refractivity contribution is 0.250. The minimum atomic E-state index is 0.788. The number of rotatable bonds is 12. The molecule has 2 aliphatic rings. The van der Waals surface area contributed by atoms with E-state index in [1.165, 1.54) is 126 Å². The Morgan fingerprint density at radius 1 is 0.514 bits per heavy atom. The summed E-state index contributed by atoms with van der Waals surface area (Å²) in [4.78, 5) is 0. The molecular weight excluding hydrogens is 420 g/mol. The van der Waals surface area contributed by atoms with Crippen molar-refractivity contribution < 1.29 is 0 Å². The van der Waals surface area contributed by atoms with E-state index in [2.05, 4.69) is 62.4 Å². The highest BCUT2D eigenvalue weighted by Gasteiger charge is 2.22. The van der Waals surface area contributed by atoms with Gasteiger partial charge in [-0.2, -0.15) is 0 Å². The van der Waals surface area contributed by atoms with Crippen LogP contribution < -0.4 is 0 Å². The van der Waals surface area contributed by atoms with Gasteiger partial charge in [-0.25, -0.2) is 0 Å². The summed E-state index contributed by atoms with van der Waals surface area (Å²) in [5, 5.41) is 0. The second-order valence-corrected chi connectivity index (χ2v) is 12.1. The van der Waals surface area contributed by atoms with E-state index in [1.807, 2.05) is 0 Å². The predicted octanol–water partition coefficient (Wildman–Crippen LogP) is 11.1. The van der Waals surface area contributed by atoms with Crippen LogP contribution in [-0.2, 0) is 6.42 Å². The van der Waals surface area contributed by atoms with E-state index in [9.17, 15) is 0 Å². The van der Waals surface area contributed by atoms with E-state index in [0.717, 1.165) is 23.7 Å². The highest BCUT2D eigenvalue weighted by molar-refractivity contribution is 5.64. The number of unbranched alkanes of at least 4 members (excludes halogenated alkanes) is 3. The van der Waals surface area contributed by atoms with Gasteiger partial charge in [0.25, 0.3) is 0 Å². The van der Waals surface area contributed by atoms with Crippen molar-refractivity contribution in [2.75, 3.05) is 0 Å². The SMILES string of the molecule is CCCCC[C@H]1CC[C@H](c2ccc(-c3ccc(CC[C@H]4CC[C@H](CCCC)CC4)cc3)cc2)CC1. The van der Waals surface area contributed by atoms with Crippen molar-refractivity contribution in [3.63, 3.8) is 0 Å². The maximum absolute atomic E-state index is 2.42. The van der Waals surface area contributed by atoms with Crippen LogP contribution >= 0.6 is 0 Å². The fraction of sp³-hybridized carbons (Fsp3) is 0.657. The molecule has 0 amide bonds. The Balaban J connectivity index is 1.20. The first-order chi connectivity index (χ1) is 17.2. The molecule has 4 rings (SSSR count). The van der Waals surface area contributed by atoms with Crippen LogP contribution in [0.3, 0.4) is 0 Å². The maximum atomic E-state index is 2.42. The van der Waals surface area contributed by atoms with Crippen LogP contribution in [0.4, 0.5) is 0 Å². The van der Waals surface area contributed by atoms with E-state index in [0.29, 0.717) is 0 Å². The Morgan fingerprint density at radius 2 is 1.00 bits per heavy atom. The lowest BCUT2D eigenvalue weighted by atomic mass is 9.77. The average Bonchev–Trinajstić information content (AvgIpc) is 2.92. The van der Waals surface area contributed by atoms with Crippen LogP contribution in [-0.4, -0.2) is 0 Å². The van der Waals surface area contributed by atoms with Gasteiger partial charge in [-0.15, -0.1) is 0 Å². The van der Waals surface area contributed by atoms with Gasteiger partial charge in [0.05, 0.1) is 0 Å². The highest BCUT2D eigenvalue weighted by atomic mass is 14.3. The van der Waals surface area contributed by atoms with Crippen molar-refractivity contribution in [2.45, 2.75) is 129 Å². The smallest absolute Gasteiger partial charge is 0.0162 e. The lowest BCUT2D eigenvalue weighted by Gasteiger charge is -2.29. The van der Waals surface area contributed by atoms with Gasteiger partial charge in [0.2, 0.25) is 0 Å². The van der Waals surface area contributed by atoms with E-state index in [4.69, 9.17) is 0 Å². The van der Waals surface area contributed by atoms with E-state index >= 15 is 0 Å². The molecule has 0 nitrogen and oxygen atoms in total. The van der Waals surface area contributed by atoms with E-state index < -0.39 is 0 Å². The third-order valence-electron chi connectivity index (χ3n) is 9.51. The molecule has 2 aromatic carbocycles. The van der Waals surface area contributed by atoms with Crippen LogP contribution in [0.15, 0.2) is 48.5 Å². The Kier molecular flexibility index (Phi) is 10.8. The molecule has 0 heterocycles. The second kappa shape index (κ2) is 14.2. The first-order valence-electron chi connectivity index (χ1n) is 15.4. The Morgan fingerprint density at radius 3 is 1.57 bits per heavy atom. The fourth-order valence-electron chi connectivity index (χ4n) is 6.95. The normalized spacial score (nSPS) is 25.0. The van der Waals surface area contributed by atoms with Crippen molar-refractivity contribution in [1.82, 2.24) is 0 Å². The van der Waals surface area contributed by atoms with Crippen LogP contribution in [0.5, 0.6) is 0 Å². The quantitative estimate of drug-likeness (QED) is 0.269. The van der Waals surface area contributed by atoms with Crippen molar-refractivity contribution in [1.29, 1.82) is 0 Å². The second-order valence-electron chi connectivity index (χ2n) is 12.1. The highest BCUT2D eigenvalue weighted by Crippen LogP contribution is 2.38. The average molecular weight is 473 g/mol.